The second-order valence-electron chi connectivity index (χ2n) is 5.46. The third-order valence-electron chi connectivity index (χ3n) is 3.61. The van der Waals surface area contributed by atoms with Crippen molar-refractivity contribution in [2.45, 2.75) is 58.1 Å². The lowest BCUT2D eigenvalue weighted by Gasteiger charge is -2.29. The van der Waals surface area contributed by atoms with Gasteiger partial charge in [-0.2, -0.15) is 22.0 Å². The van der Waals surface area contributed by atoms with E-state index in [1.165, 1.54) is 13.8 Å². The number of hydrogen-bond acceptors (Lipinski definition) is 4. The first-order valence-corrected chi connectivity index (χ1v) is 9.38. The van der Waals surface area contributed by atoms with Crippen molar-refractivity contribution in [2.24, 2.45) is 5.92 Å². The van der Waals surface area contributed by atoms with Crippen molar-refractivity contribution in [1.29, 1.82) is 0 Å². The van der Waals surface area contributed by atoms with Crippen LogP contribution in [-0.4, -0.2) is 25.3 Å². The molecule has 0 bridgehead atoms. The molecule has 25 heavy (non-hydrogen) atoms. The molecule has 1 fully saturated rings. The summed E-state index contributed by atoms with van der Waals surface area (Å²) in [4.78, 5) is 0. The lowest BCUT2D eigenvalue weighted by Crippen LogP contribution is -2.38. The maximum atomic E-state index is 14.2. The fourth-order valence-electron chi connectivity index (χ4n) is 2.46. The zero-order valence-corrected chi connectivity index (χ0v) is 14.8. The van der Waals surface area contributed by atoms with Crippen LogP contribution < -0.4 is 0 Å². The maximum absolute atomic E-state index is 14.2. The van der Waals surface area contributed by atoms with E-state index in [9.17, 15) is 30.9 Å². The van der Waals surface area contributed by atoms with Gasteiger partial charge in [0.2, 0.25) is 5.83 Å². The summed E-state index contributed by atoms with van der Waals surface area (Å²) in [5.41, 5.74) is 0. The average molecular weight is 398 g/mol. The Labute approximate surface area is 142 Å². The fourth-order valence-corrected chi connectivity index (χ4v) is 3.75. The van der Waals surface area contributed by atoms with Crippen molar-refractivity contribution in [3.63, 3.8) is 0 Å². The van der Waals surface area contributed by atoms with Crippen molar-refractivity contribution >= 4 is 7.82 Å². The Morgan fingerprint density at radius 2 is 1.48 bits per heavy atom. The predicted octanol–water partition coefficient (Wildman–Crippen LogP) is 6.14. The van der Waals surface area contributed by atoms with E-state index in [4.69, 9.17) is 13.6 Å². The van der Waals surface area contributed by atoms with Crippen LogP contribution in [0.15, 0.2) is 11.6 Å². The summed E-state index contributed by atoms with van der Waals surface area (Å²) in [6.07, 6.45) is -4.16. The quantitative estimate of drug-likeness (QED) is 0.280. The van der Waals surface area contributed by atoms with Crippen LogP contribution in [-0.2, 0) is 18.1 Å². The van der Waals surface area contributed by atoms with Crippen molar-refractivity contribution in [3.05, 3.63) is 11.6 Å². The molecule has 148 valence electrons. The van der Waals surface area contributed by atoms with Crippen LogP contribution in [0.3, 0.4) is 0 Å². The summed E-state index contributed by atoms with van der Waals surface area (Å²) in [6.45, 7) is 2.32. The highest BCUT2D eigenvalue weighted by Crippen LogP contribution is 2.55. The van der Waals surface area contributed by atoms with E-state index in [0.717, 1.165) is 6.42 Å². The van der Waals surface area contributed by atoms with Crippen LogP contribution in [0.5, 0.6) is 0 Å². The molecule has 0 aliphatic heterocycles. The van der Waals surface area contributed by atoms with Gasteiger partial charge in [-0.05, 0) is 26.7 Å². The Morgan fingerprint density at radius 1 is 1.00 bits per heavy atom. The molecule has 1 rings (SSSR count). The Hall–Kier alpha value is -0.730. The van der Waals surface area contributed by atoms with Gasteiger partial charge in [0.15, 0.2) is 0 Å². The van der Waals surface area contributed by atoms with E-state index in [-0.39, 0.29) is 26.1 Å². The van der Waals surface area contributed by atoms with Gasteiger partial charge in [0, 0.05) is 5.92 Å². The summed E-state index contributed by atoms with van der Waals surface area (Å²) in [6, 6.07) is 0. The molecule has 1 saturated carbocycles. The highest BCUT2D eigenvalue weighted by Gasteiger charge is 2.63. The monoisotopic (exact) mass is 398 g/mol. The van der Waals surface area contributed by atoms with Crippen molar-refractivity contribution in [2.75, 3.05) is 13.2 Å². The first-order chi connectivity index (χ1) is 11.5. The SMILES string of the molecule is CCOP(=O)(OCC)O/C(=C(/F)C(F)(F)C(F)(F)F)C1CCCCC1. The van der Waals surface area contributed by atoms with Crippen LogP contribution in [0.4, 0.5) is 26.3 Å². The van der Waals surface area contributed by atoms with E-state index < -0.39 is 37.4 Å². The molecular formula is C14H21F6O4P. The van der Waals surface area contributed by atoms with Gasteiger partial charge in [0.25, 0.3) is 0 Å². The van der Waals surface area contributed by atoms with E-state index in [1.807, 2.05) is 0 Å². The average Bonchev–Trinajstić information content (AvgIpc) is 2.52. The van der Waals surface area contributed by atoms with Gasteiger partial charge in [0.1, 0.15) is 5.76 Å². The Balaban J connectivity index is 3.33. The second kappa shape index (κ2) is 8.77. The molecule has 0 spiro atoms. The topological polar surface area (TPSA) is 44.8 Å². The highest BCUT2D eigenvalue weighted by atomic mass is 31.2. The summed E-state index contributed by atoms with van der Waals surface area (Å²) >= 11 is 0. The molecule has 0 N–H and O–H groups in total. The second-order valence-corrected chi connectivity index (χ2v) is 7.05. The molecule has 0 atom stereocenters. The van der Waals surface area contributed by atoms with Gasteiger partial charge in [-0.3, -0.25) is 9.05 Å². The lowest BCUT2D eigenvalue weighted by molar-refractivity contribution is -0.271. The van der Waals surface area contributed by atoms with Crippen LogP contribution in [0.2, 0.25) is 0 Å². The van der Waals surface area contributed by atoms with Crippen molar-refractivity contribution < 1.29 is 44.5 Å². The molecule has 0 amide bonds. The molecule has 11 heteroatoms. The van der Waals surface area contributed by atoms with E-state index >= 15 is 0 Å². The summed E-state index contributed by atoms with van der Waals surface area (Å²) in [7, 11) is -4.52. The van der Waals surface area contributed by atoms with Crippen molar-refractivity contribution in [1.82, 2.24) is 0 Å². The predicted molar refractivity (Wildman–Crippen MR) is 77.7 cm³/mol. The minimum Gasteiger partial charge on any atom is -0.405 e. The Kier molecular flexibility index (Phi) is 7.83. The molecule has 0 unspecified atom stereocenters. The zero-order valence-electron chi connectivity index (χ0n) is 13.9. The number of halogens is 6. The first-order valence-electron chi connectivity index (χ1n) is 7.92. The molecule has 1 aliphatic rings. The number of hydrogen-bond donors (Lipinski definition) is 0. The Bertz CT molecular complexity index is 504. The van der Waals surface area contributed by atoms with E-state index in [2.05, 4.69) is 0 Å². The van der Waals surface area contributed by atoms with Gasteiger partial charge in [-0.15, -0.1) is 0 Å². The van der Waals surface area contributed by atoms with E-state index in [1.54, 1.807) is 0 Å². The molecule has 0 radical (unpaired) electrons. The molecule has 0 aromatic rings. The molecule has 0 aromatic heterocycles. The van der Waals surface area contributed by atoms with Crippen LogP contribution >= 0.6 is 7.82 Å². The molecule has 1 aliphatic carbocycles. The molecule has 0 aromatic carbocycles. The number of phosphoric ester groups is 1. The number of phosphoric acid groups is 1. The lowest BCUT2D eigenvalue weighted by atomic mass is 9.87. The third kappa shape index (κ3) is 5.62. The largest absolute Gasteiger partial charge is 0.529 e. The Morgan fingerprint density at radius 3 is 1.88 bits per heavy atom. The molecule has 4 nitrogen and oxygen atoms in total. The zero-order chi connectivity index (χ0) is 19.3. The van der Waals surface area contributed by atoms with Crippen LogP contribution in [0.1, 0.15) is 46.0 Å². The number of rotatable bonds is 8. The van der Waals surface area contributed by atoms with Crippen molar-refractivity contribution in [3.8, 4) is 0 Å². The minimum atomic E-state index is -6.15. The highest BCUT2D eigenvalue weighted by molar-refractivity contribution is 7.48. The summed E-state index contributed by atoms with van der Waals surface area (Å²) in [5, 5.41) is 0. The van der Waals surface area contributed by atoms with Gasteiger partial charge in [0.05, 0.1) is 13.2 Å². The summed E-state index contributed by atoms with van der Waals surface area (Å²) in [5.74, 6) is -10.9. The molecule has 0 saturated heterocycles. The molecular weight excluding hydrogens is 377 g/mol. The maximum Gasteiger partial charge on any atom is 0.529 e. The fraction of sp³-hybridized carbons (Fsp3) is 0.857. The smallest absolute Gasteiger partial charge is 0.405 e. The van der Waals surface area contributed by atoms with Crippen LogP contribution in [0, 0.1) is 5.92 Å². The summed E-state index contributed by atoms with van der Waals surface area (Å²) < 4.78 is 105. The third-order valence-corrected chi connectivity index (χ3v) is 5.18. The van der Waals surface area contributed by atoms with Gasteiger partial charge < -0.3 is 4.52 Å². The first kappa shape index (κ1) is 22.3. The number of alkyl halides is 5. The minimum absolute atomic E-state index is 0.134. The van der Waals surface area contributed by atoms with Gasteiger partial charge in [-0.25, -0.2) is 8.96 Å². The van der Waals surface area contributed by atoms with E-state index in [0.29, 0.717) is 12.8 Å². The van der Waals surface area contributed by atoms with Gasteiger partial charge >= 0.3 is 19.9 Å². The normalized spacial score (nSPS) is 18.9. The number of allylic oxidation sites excluding steroid dienone is 2. The van der Waals surface area contributed by atoms with Gasteiger partial charge in [-0.1, -0.05) is 19.3 Å². The van der Waals surface area contributed by atoms with Crippen LogP contribution in [0.25, 0.3) is 0 Å². The molecule has 0 heterocycles. The standard InChI is InChI=1S/C14H21F6O4P/c1-3-22-25(21,23-4-2)24-11(10-8-6-5-7-9-10)12(15)13(16,17)14(18,19)20/h10H,3-9H2,1-2H3/b12-11+.